The highest BCUT2D eigenvalue weighted by Crippen LogP contribution is 2.19. The average molecular weight is 725 g/mol. The van der Waals surface area contributed by atoms with Crippen molar-refractivity contribution in [1.29, 1.82) is 0 Å². The molecule has 0 saturated carbocycles. The monoisotopic (exact) mass is 724 g/mol. The Hall–Kier alpha value is -5.63. The summed E-state index contributed by atoms with van der Waals surface area (Å²) in [6.07, 6.45) is -4.43. The summed E-state index contributed by atoms with van der Waals surface area (Å²) in [5, 5.41) is 29.4. The Balaban J connectivity index is 0.000000944. The number of hydrogen-bond donors (Lipinski definition) is 4. The first kappa shape index (κ1) is 40.8. The molecular formula is C38H43F3N4O7. The van der Waals surface area contributed by atoms with Gasteiger partial charge in [0.1, 0.15) is 24.3 Å². The number of aliphatic carboxylic acids is 1. The molecule has 0 radical (unpaired) electrons. The molecule has 14 heteroatoms. The van der Waals surface area contributed by atoms with E-state index in [1.54, 1.807) is 62.4 Å². The molecular weight excluding hydrogens is 681 g/mol. The summed E-state index contributed by atoms with van der Waals surface area (Å²) < 4.78 is 37.5. The average Bonchev–Trinajstić information content (AvgIpc) is 3.07. The predicted molar refractivity (Wildman–Crippen MR) is 188 cm³/mol. The first-order valence-electron chi connectivity index (χ1n) is 16.4. The largest absolute Gasteiger partial charge is 0.542 e. The molecule has 0 heterocycles. The number of anilines is 1. The second-order valence-corrected chi connectivity index (χ2v) is 13.0. The van der Waals surface area contributed by atoms with E-state index in [0.29, 0.717) is 17.8 Å². The third-order valence-electron chi connectivity index (χ3n) is 7.61. The number of ether oxygens (including phenoxy) is 1. The molecule has 1 atom stereocenters. The Labute approximate surface area is 300 Å². The summed E-state index contributed by atoms with van der Waals surface area (Å²) in [5.74, 6) is -3.63. The molecule has 4 rings (SSSR count). The van der Waals surface area contributed by atoms with Crippen LogP contribution in [0.5, 0.6) is 5.75 Å². The molecule has 0 unspecified atom stereocenters. The molecule has 4 aromatic rings. The number of rotatable bonds is 13. The van der Waals surface area contributed by atoms with Gasteiger partial charge in [0.2, 0.25) is 5.91 Å². The van der Waals surface area contributed by atoms with Gasteiger partial charge in [-0.2, -0.15) is 13.2 Å². The van der Waals surface area contributed by atoms with Gasteiger partial charge in [0, 0.05) is 30.6 Å². The van der Waals surface area contributed by atoms with Crippen LogP contribution in [0.15, 0.2) is 91.0 Å². The molecule has 0 spiro atoms. The number of benzene rings is 4. The molecule has 0 saturated heterocycles. The van der Waals surface area contributed by atoms with Gasteiger partial charge in [-0.1, -0.05) is 48.5 Å². The Morgan fingerprint density at radius 2 is 1.46 bits per heavy atom. The third-order valence-corrected chi connectivity index (χ3v) is 7.61. The molecule has 0 aliphatic rings. The maximum absolute atomic E-state index is 13.3. The number of fused-ring (bicyclic) bond motifs is 1. The lowest BCUT2D eigenvalue weighted by Gasteiger charge is -2.30. The zero-order valence-electron chi connectivity index (χ0n) is 29.3. The summed E-state index contributed by atoms with van der Waals surface area (Å²) in [6, 6.07) is 26.4. The SMILES string of the molecule is CC(C)OC(=O)c1ccc(NC(=O)N[C@@H](Cc2ccc(O)cc2)C(=O)NCCC[N+](C)(C)Cc2ccc3ccccc3c2)cc1.O=C([O-])C(F)(F)F. The smallest absolute Gasteiger partial charge is 0.430 e. The molecule has 0 aliphatic carbocycles. The van der Waals surface area contributed by atoms with Crippen LogP contribution < -0.4 is 21.1 Å². The highest BCUT2D eigenvalue weighted by atomic mass is 19.4. The van der Waals surface area contributed by atoms with Crippen LogP contribution in [0.3, 0.4) is 0 Å². The first-order valence-corrected chi connectivity index (χ1v) is 16.4. The lowest BCUT2D eigenvalue weighted by molar-refractivity contribution is -0.903. The van der Waals surface area contributed by atoms with Gasteiger partial charge in [0.05, 0.1) is 32.3 Å². The molecule has 0 aliphatic heterocycles. The van der Waals surface area contributed by atoms with Crippen molar-refractivity contribution >= 4 is 40.3 Å². The Morgan fingerprint density at radius 3 is 2.06 bits per heavy atom. The maximum atomic E-state index is 13.3. The van der Waals surface area contributed by atoms with Gasteiger partial charge >= 0.3 is 18.2 Å². The normalized spacial score (nSPS) is 11.9. The quantitative estimate of drug-likeness (QED) is 0.0866. The van der Waals surface area contributed by atoms with Gasteiger partial charge in [-0.15, -0.1) is 0 Å². The molecule has 278 valence electrons. The van der Waals surface area contributed by atoms with Crippen molar-refractivity contribution < 1.29 is 51.8 Å². The van der Waals surface area contributed by atoms with Gasteiger partial charge in [0.25, 0.3) is 0 Å². The minimum atomic E-state index is -5.19. The molecule has 4 aromatic carbocycles. The number of urea groups is 1. The van der Waals surface area contributed by atoms with Crippen molar-refractivity contribution in [2.24, 2.45) is 0 Å². The van der Waals surface area contributed by atoms with E-state index in [1.165, 1.54) is 16.3 Å². The van der Waals surface area contributed by atoms with E-state index in [1.807, 2.05) is 12.1 Å². The Bertz CT molecular complexity index is 1810. The molecule has 0 bridgehead atoms. The van der Waals surface area contributed by atoms with E-state index in [2.05, 4.69) is 60.4 Å². The second kappa shape index (κ2) is 18.6. The van der Waals surface area contributed by atoms with Crippen molar-refractivity contribution in [3.8, 4) is 5.75 Å². The van der Waals surface area contributed by atoms with Gasteiger partial charge in [-0.25, -0.2) is 9.59 Å². The van der Waals surface area contributed by atoms with Crippen molar-refractivity contribution in [3.63, 3.8) is 0 Å². The zero-order valence-corrected chi connectivity index (χ0v) is 29.3. The maximum Gasteiger partial charge on any atom is 0.430 e. The number of aromatic hydroxyl groups is 1. The second-order valence-electron chi connectivity index (χ2n) is 13.0. The third kappa shape index (κ3) is 13.9. The van der Waals surface area contributed by atoms with E-state index in [0.717, 1.165) is 29.6 Å². The van der Waals surface area contributed by atoms with Crippen molar-refractivity contribution in [3.05, 3.63) is 108 Å². The standard InChI is InChI=1S/C36H42N4O5.C2HF3O2/c1-25(2)45-35(43)29-14-16-31(17-15-29)38-36(44)39-33(23-26-11-18-32(41)19-12-26)34(42)37-20-7-21-40(3,4)24-27-10-13-28-8-5-6-9-30(28)22-27;3-2(4,5)1(6)7/h5-6,8-19,22,25,33H,7,20-21,23-24H2,1-4H3,(H3-,37,38,39,41,42,43,44);(H,6,7)/t33-;/m0./s1. The van der Waals surface area contributed by atoms with Crippen molar-refractivity contribution in [2.75, 3.05) is 32.5 Å². The van der Waals surface area contributed by atoms with E-state index >= 15 is 0 Å². The molecule has 4 N–H and O–H groups in total. The van der Waals surface area contributed by atoms with Crippen molar-refractivity contribution in [2.45, 2.75) is 51.6 Å². The number of carboxylic acids is 1. The van der Waals surface area contributed by atoms with Crippen LogP contribution in [0.1, 0.15) is 41.8 Å². The number of phenolic OH excluding ortho intramolecular Hbond substituents is 1. The van der Waals surface area contributed by atoms with Crippen LogP contribution >= 0.6 is 0 Å². The molecule has 52 heavy (non-hydrogen) atoms. The van der Waals surface area contributed by atoms with Gasteiger partial charge in [0.15, 0.2) is 0 Å². The van der Waals surface area contributed by atoms with Crippen LogP contribution in [0.25, 0.3) is 10.8 Å². The lowest BCUT2D eigenvalue weighted by Crippen LogP contribution is -2.50. The fraction of sp³-hybridized carbons (Fsp3) is 0.316. The number of hydrogen-bond acceptors (Lipinski definition) is 7. The van der Waals surface area contributed by atoms with Crippen molar-refractivity contribution in [1.82, 2.24) is 10.6 Å². The highest BCUT2D eigenvalue weighted by molar-refractivity contribution is 5.95. The van der Waals surface area contributed by atoms with E-state index in [-0.39, 0.29) is 24.2 Å². The topological polar surface area (TPSA) is 157 Å². The van der Waals surface area contributed by atoms with E-state index in [9.17, 15) is 32.7 Å². The van der Waals surface area contributed by atoms with Gasteiger partial charge < -0.3 is 40.2 Å². The number of nitrogens with zero attached hydrogens (tertiary/aromatic N) is 1. The number of carboxylic acid groups (broad SMARTS) is 1. The molecule has 0 fully saturated rings. The number of amides is 3. The minimum Gasteiger partial charge on any atom is -0.542 e. The van der Waals surface area contributed by atoms with Crippen LogP contribution in [0, 0.1) is 0 Å². The lowest BCUT2D eigenvalue weighted by atomic mass is 10.0. The minimum absolute atomic E-state index is 0.121. The number of carbonyl (C=O) groups is 4. The van der Waals surface area contributed by atoms with Crippen LogP contribution in [-0.4, -0.2) is 79.0 Å². The molecule has 3 amide bonds. The fourth-order valence-electron chi connectivity index (χ4n) is 5.13. The van der Waals surface area contributed by atoms with E-state index in [4.69, 9.17) is 14.6 Å². The summed E-state index contributed by atoms with van der Waals surface area (Å²) in [5.41, 5.74) is 2.88. The molecule has 11 nitrogen and oxygen atoms in total. The number of carbonyl (C=O) groups excluding carboxylic acids is 4. The number of esters is 1. The van der Waals surface area contributed by atoms with Gasteiger partial charge in [-0.05, 0) is 72.6 Å². The fourth-order valence-corrected chi connectivity index (χ4v) is 5.13. The molecule has 0 aromatic heterocycles. The summed E-state index contributed by atoms with van der Waals surface area (Å²) in [7, 11) is 4.35. The van der Waals surface area contributed by atoms with Crippen LogP contribution in [-0.2, 0) is 27.3 Å². The number of halogens is 3. The number of phenols is 1. The number of nitrogens with one attached hydrogen (secondary N) is 3. The highest BCUT2D eigenvalue weighted by Gasteiger charge is 2.29. The Kier molecular flexibility index (Phi) is 14.6. The van der Waals surface area contributed by atoms with Gasteiger partial charge in [-0.3, -0.25) is 4.79 Å². The van der Waals surface area contributed by atoms with Crippen LogP contribution in [0.4, 0.5) is 23.7 Å². The van der Waals surface area contributed by atoms with E-state index < -0.39 is 30.2 Å². The summed E-state index contributed by atoms with van der Waals surface area (Å²) in [4.78, 5) is 47.1. The summed E-state index contributed by atoms with van der Waals surface area (Å²) >= 11 is 0. The Morgan fingerprint density at radius 1 is 0.865 bits per heavy atom. The predicted octanol–water partition coefficient (Wildman–Crippen LogP) is 4.92. The summed E-state index contributed by atoms with van der Waals surface area (Å²) in [6.45, 7) is 5.72. The first-order chi connectivity index (χ1) is 24.4. The van der Waals surface area contributed by atoms with Crippen LogP contribution in [0.2, 0.25) is 0 Å². The zero-order chi connectivity index (χ0) is 38.5. The number of quaternary nitrogens is 1. The number of alkyl halides is 3.